The van der Waals surface area contributed by atoms with Crippen LogP contribution in [0.4, 0.5) is 11.4 Å². The number of nitrogen functional groups attached to an aromatic ring is 1. The predicted molar refractivity (Wildman–Crippen MR) is 68.6 cm³/mol. The minimum absolute atomic E-state index is 0. The molecule has 0 bridgehead atoms. The highest BCUT2D eigenvalue weighted by Gasteiger charge is 2.32. The van der Waals surface area contributed by atoms with E-state index in [0.29, 0.717) is 11.6 Å². The largest absolute Gasteiger partial charge is 0.397 e. The average molecular weight is 241 g/mol. The normalized spacial score (nSPS) is 16.1. The fourth-order valence-corrected chi connectivity index (χ4v) is 1.67. The topological polar surface area (TPSA) is 55.1 Å². The van der Waals surface area contributed by atoms with Crippen molar-refractivity contribution < 1.29 is 4.79 Å². The van der Waals surface area contributed by atoms with Crippen LogP contribution in [0.5, 0.6) is 0 Å². The summed E-state index contributed by atoms with van der Waals surface area (Å²) in [6.07, 6.45) is 2.36. The lowest BCUT2D eigenvalue weighted by Crippen LogP contribution is -2.22. The van der Waals surface area contributed by atoms with Gasteiger partial charge < -0.3 is 11.1 Å². The number of para-hydroxylation sites is 2. The maximum Gasteiger partial charge on any atom is 0.227 e. The van der Waals surface area contributed by atoms with Gasteiger partial charge in [0.05, 0.1) is 11.4 Å². The Morgan fingerprint density at radius 1 is 1.44 bits per heavy atom. The third kappa shape index (κ3) is 2.89. The standard InChI is InChI=1S/C12H16N2O.ClH/c1-8(9-6-7-9)12(15)14-11-5-3-2-4-10(11)13;/h2-5,8-9H,6-7,13H2,1H3,(H,14,15);1H. The molecule has 1 aromatic rings. The molecule has 3 N–H and O–H groups in total. The number of nitrogens with one attached hydrogen (secondary N) is 1. The van der Waals surface area contributed by atoms with Gasteiger partial charge in [0.25, 0.3) is 0 Å². The zero-order valence-electron chi connectivity index (χ0n) is 9.27. The fourth-order valence-electron chi connectivity index (χ4n) is 1.67. The second kappa shape index (κ2) is 5.21. The van der Waals surface area contributed by atoms with E-state index in [9.17, 15) is 4.79 Å². The molecule has 0 radical (unpaired) electrons. The van der Waals surface area contributed by atoms with E-state index in [1.165, 1.54) is 12.8 Å². The highest BCUT2D eigenvalue weighted by molar-refractivity contribution is 5.95. The van der Waals surface area contributed by atoms with Gasteiger partial charge in [0.15, 0.2) is 0 Å². The minimum Gasteiger partial charge on any atom is -0.397 e. The lowest BCUT2D eigenvalue weighted by atomic mass is 10.1. The molecule has 3 nitrogen and oxygen atoms in total. The summed E-state index contributed by atoms with van der Waals surface area (Å²) in [4.78, 5) is 11.8. The van der Waals surface area contributed by atoms with E-state index in [2.05, 4.69) is 5.32 Å². The number of hydrogen-bond acceptors (Lipinski definition) is 2. The highest BCUT2D eigenvalue weighted by Crippen LogP contribution is 2.37. The van der Waals surface area contributed by atoms with E-state index in [-0.39, 0.29) is 24.2 Å². The summed E-state index contributed by atoms with van der Waals surface area (Å²) >= 11 is 0. The van der Waals surface area contributed by atoms with Gasteiger partial charge in [0.1, 0.15) is 0 Å². The van der Waals surface area contributed by atoms with E-state index in [4.69, 9.17) is 5.73 Å². The molecule has 1 aromatic carbocycles. The van der Waals surface area contributed by atoms with E-state index in [1.54, 1.807) is 6.07 Å². The van der Waals surface area contributed by atoms with Crippen molar-refractivity contribution in [3.63, 3.8) is 0 Å². The quantitative estimate of drug-likeness (QED) is 0.799. The third-order valence-corrected chi connectivity index (χ3v) is 2.96. The van der Waals surface area contributed by atoms with Gasteiger partial charge in [-0.05, 0) is 30.9 Å². The average Bonchev–Trinajstić information content (AvgIpc) is 3.04. The van der Waals surface area contributed by atoms with Crippen molar-refractivity contribution in [1.82, 2.24) is 0 Å². The van der Waals surface area contributed by atoms with Crippen molar-refractivity contribution >= 4 is 29.7 Å². The number of rotatable bonds is 3. The van der Waals surface area contributed by atoms with Crippen LogP contribution in [-0.4, -0.2) is 5.91 Å². The molecule has 0 heterocycles. The number of anilines is 2. The van der Waals surface area contributed by atoms with Gasteiger partial charge in [-0.2, -0.15) is 0 Å². The molecule has 0 aliphatic heterocycles. The van der Waals surface area contributed by atoms with Crippen LogP contribution in [0.25, 0.3) is 0 Å². The maximum absolute atomic E-state index is 11.8. The fraction of sp³-hybridized carbons (Fsp3) is 0.417. The molecule has 1 aliphatic carbocycles. The zero-order chi connectivity index (χ0) is 10.8. The SMILES string of the molecule is CC(C(=O)Nc1ccccc1N)C1CC1.Cl. The summed E-state index contributed by atoms with van der Waals surface area (Å²) in [6, 6.07) is 7.34. The molecule has 4 heteroatoms. The molecule has 88 valence electrons. The molecule has 1 amide bonds. The summed E-state index contributed by atoms with van der Waals surface area (Å²) < 4.78 is 0. The molecule has 1 fully saturated rings. The predicted octanol–water partition coefficient (Wildman–Crippen LogP) is 2.68. The molecule has 0 spiro atoms. The first-order chi connectivity index (χ1) is 7.18. The second-order valence-corrected chi connectivity index (χ2v) is 4.20. The molecule has 2 rings (SSSR count). The number of nitrogens with two attached hydrogens (primary N) is 1. The molecule has 1 aliphatic rings. The number of carbonyl (C=O) groups is 1. The van der Waals surface area contributed by atoms with Gasteiger partial charge in [0.2, 0.25) is 5.91 Å². The Kier molecular flexibility index (Phi) is 4.19. The van der Waals surface area contributed by atoms with Crippen molar-refractivity contribution in [2.24, 2.45) is 11.8 Å². The number of benzene rings is 1. The Labute approximate surface area is 102 Å². The van der Waals surface area contributed by atoms with Crippen molar-refractivity contribution in [2.75, 3.05) is 11.1 Å². The number of amides is 1. The maximum atomic E-state index is 11.8. The molecule has 0 saturated heterocycles. The molecular formula is C12H17ClN2O. The van der Waals surface area contributed by atoms with Crippen LogP contribution >= 0.6 is 12.4 Å². The van der Waals surface area contributed by atoms with Crippen LogP contribution in [0.15, 0.2) is 24.3 Å². The Hall–Kier alpha value is -1.22. The summed E-state index contributed by atoms with van der Waals surface area (Å²) in [6.45, 7) is 1.98. The van der Waals surface area contributed by atoms with Gasteiger partial charge in [-0.25, -0.2) is 0 Å². The Balaban J connectivity index is 0.00000128. The van der Waals surface area contributed by atoms with Crippen LogP contribution in [0.2, 0.25) is 0 Å². The van der Waals surface area contributed by atoms with Crippen molar-refractivity contribution in [2.45, 2.75) is 19.8 Å². The minimum atomic E-state index is 0. The summed E-state index contributed by atoms with van der Waals surface area (Å²) in [5.41, 5.74) is 7.08. The van der Waals surface area contributed by atoms with E-state index in [0.717, 1.165) is 5.69 Å². The van der Waals surface area contributed by atoms with Crippen molar-refractivity contribution in [1.29, 1.82) is 0 Å². The lowest BCUT2D eigenvalue weighted by Gasteiger charge is -2.12. The Bertz CT molecular complexity index is 377. The Morgan fingerprint density at radius 3 is 2.62 bits per heavy atom. The summed E-state index contributed by atoms with van der Waals surface area (Å²) in [7, 11) is 0. The number of hydrogen-bond donors (Lipinski definition) is 2. The molecule has 0 aromatic heterocycles. The van der Waals surface area contributed by atoms with Gasteiger partial charge in [-0.1, -0.05) is 19.1 Å². The smallest absolute Gasteiger partial charge is 0.227 e. The molecule has 1 unspecified atom stereocenters. The van der Waals surface area contributed by atoms with Crippen LogP contribution in [0, 0.1) is 11.8 Å². The van der Waals surface area contributed by atoms with Gasteiger partial charge >= 0.3 is 0 Å². The van der Waals surface area contributed by atoms with Gasteiger partial charge in [-0.3, -0.25) is 4.79 Å². The molecule has 1 atom stereocenters. The number of carbonyl (C=O) groups excluding carboxylic acids is 1. The van der Waals surface area contributed by atoms with Crippen LogP contribution in [0.1, 0.15) is 19.8 Å². The van der Waals surface area contributed by atoms with Crippen molar-refractivity contribution in [3.05, 3.63) is 24.3 Å². The molecule has 1 saturated carbocycles. The number of halogens is 1. The van der Waals surface area contributed by atoms with Crippen LogP contribution < -0.4 is 11.1 Å². The van der Waals surface area contributed by atoms with Crippen molar-refractivity contribution in [3.8, 4) is 0 Å². The van der Waals surface area contributed by atoms with Crippen LogP contribution in [0.3, 0.4) is 0 Å². The molecular weight excluding hydrogens is 224 g/mol. The lowest BCUT2D eigenvalue weighted by molar-refractivity contribution is -0.119. The monoisotopic (exact) mass is 240 g/mol. The van der Waals surface area contributed by atoms with Gasteiger partial charge in [0, 0.05) is 5.92 Å². The summed E-state index contributed by atoms with van der Waals surface area (Å²) in [5, 5.41) is 2.87. The summed E-state index contributed by atoms with van der Waals surface area (Å²) in [5.74, 6) is 0.759. The van der Waals surface area contributed by atoms with Gasteiger partial charge in [-0.15, -0.1) is 12.4 Å². The third-order valence-electron chi connectivity index (χ3n) is 2.96. The first-order valence-corrected chi connectivity index (χ1v) is 5.34. The molecule has 16 heavy (non-hydrogen) atoms. The first kappa shape index (κ1) is 12.8. The second-order valence-electron chi connectivity index (χ2n) is 4.20. The van der Waals surface area contributed by atoms with Crippen LogP contribution in [-0.2, 0) is 4.79 Å². The Morgan fingerprint density at radius 2 is 2.06 bits per heavy atom. The zero-order valence-corrected chi connectivity index (χ0v) is 10.1. The first-order valence-electron chi connectivity index (χ1n) is 5.34. The highest BCUT2D eigenvalue weighted by atomic mass is 35.5. The van der Waals surface area contributed by atoms with E-state index < -0.39 is 0 Å². The van der Waals surface area contributed by atoms with E-state index in [1.807, 2.05) is 25.1 Å². The van der Waals surface area contributed by atoms with E-state index >= 15 is 0 Å².